The van der Waals surface area contributed by atoms with Crippen molar-refractivity contribution in [3.8, 4) is 11.5 Å². The molecule has 8 heteroatoms. The largest absolute Gasteiger partial charge is 0.497 e. The molecule has 29 heavy (non-hydrogen) atoms. The van der Waals surface area contributed by atoms with Crippen LogP contribution in [-0.4, -0.2) is 43.0 Å². The Hall–Kier alpha value is -3.55. The highest BCUT2D eigenvalue weighted by molar-refractivity contribution is 6.05. The Kier molecular flexibility index (Phi) is 6.33. The second-order valence-electron chi connectivity index (χ2n) is 6.60. The molecule has 0 radical (unpaired) electrons. The highest BCUT2D eigenvalue weighted by atomic mass is 16.5. The smallest absolute Gasteiger partial charge is 0.325 e. The van der Waals surface area contributed by atoms with Gasteiger partial charge in [-0.15, -0.1) is 0 Å². The van der Waals surface area contributed by atoms with Crippen molar-refractivity contribution in [2.75, 3.05) is 14.2 Å². The molecule has 1 heterocycles. The fraction of sp³-hybridized carbons (Fsp3) is 0.286. The molecular weight excluding hydrogens is 374 g/mol. The molecule has 0 aromatic heterocycles. The molecule has 1 unspecified atom stereocenters. The number of amides is 4. The van der Waals surface area contributed by atoms with Gasteiger partial charge in [-0.3, -0.25) is 14.5 Å². The van der Waals surface area contributed by atoms with E-state index in [1.807, 2.05) is 12.1 Å². The molecule has 0 spiro atoms. The number of carbonyl (C=O) groups is 3. The summed E-state index contributed by atoms with van der Waals surface area (Å²) in [6, 6.07) is 13.0. The molecule has 2 aromatic carbocycles. The van der Waals surface area contributed by atoms with E-state index in [-0.39, 0.29) is 18.9 Å². The number of carbonyl (C=O) groups excluding carboxylic acids is 3. The lowest BCUT2D eigenvalue weighted by Crippen LogP contribution is -2.36. The molecule has 4 amide bonds. The summed E-state index contributed by atoms with van der Waals surface area (Å²) in [5.74, 6) is 0.699. The summed E-state index contributed by atoms with van der Waals surface area (Å²) >= 11 is 0. The average Bonchev–Trinajstić information content (AvgIpc) is 3.00. The number of hydrogen-bond acceptors (Lipinski definition) is 5. The van der Waals surface area contributed by atoms with E-state index in [1.165, 1.54) is 0 Å². The second-order valence-corrected chi connectivity index (χ2v) is 6.60. The Morgan fingerprint density at radius 1 is 0.966 bits per heavy atom. The summed E-state index contributed by atoms with van der Waals surface area (Å²) in [5, 5.41) is 5.34. The first-order valence-corrected chi connectivity index (χ1v) is 9.14. The van der Waals surface area contributed by atoms with E-state index in [0.717, 1.165) is 21.8 Å². The van der Waals surface area contributed by atoms with E-state index in [1.54, 1.807) is 50.6 Å². The number of methoxy groups -OCH3 is 2. The number of benzene rings is 2. The number of urea groups is 1. The Balaban J connectivity index is 1.52. The maximum absolute atomic E-state index is 12.5. The highest BCUT2D eigenvalue weighted by Gasteiger charge is 2.38. The summed E-state index contributed by atoms with van der Waals surface area (Å²) in [6.07, 6.45) is -0.111. The van der Waals surface area contributed by atoms with Crippen LogP contribution >= 0.6 is 0 Å². The van der Waals surface area contributed by atoms with Crippen molar-refractivity contribution < 1.29 is 23.9 Å². The summed E-state index contributed by atoms with van der Waals surface area (Å²) in [4.78, 5) is 38.0. The molecule has 1 aliphatic rings. The van der Waals surface area contributed by atoms with Crippen LogP contribution in [0.5, 0.6) is 11.5 Å². The van der Waals surface area contributed by atoms with Gasteiger partial charge in [0.1, 0.15) is 17.5 Å². The molecule has 3 rings (SSSR count). The minimum absolute atomic E-state index is 0.111. The van der Waals surface area contributed by atoms with E-state index < -0.39 is 18.0 Å². The van der Waals surface area contributed by atoms with Gasteiger partial charge in [0.25, 0.3) is 5.91 Å². The van der Waals surface area contributed by atoms with Gasteiger partial charge >= 0.3 is 6.03 Å². The normalized spacial score (nSPS) is 15.8. The van der Waals surface area contributed by atoms with Gasteiger partial charge in [-0.1, -0.05) is 24.3 Å². The Morgan fingerprint density at radius 3 is 2.07 bits per heavy atom. The molecule has 8 nitrogen and oxygen atoms in total. The molecule has 1 saturated heterocycles. The molecule has 2 aromatic rings. The summed E-state index contributed by atoms with van der Waals surface area (Å²) < 4.78 is 10.2. The lowest BCUT2D eigenvalue weighted by Gasteiger charge is -2.13. The van der Waals surface area contributed by atoms with Crippen LogP contribution in [0.2, 0.25) is 0 Å². The highest BCUT2D eigenvalue weighted by Crippen LogP contribution is 2.17. The van der Waals surface area contributed by atoms with Crippen LogP contribution in [0.1, 0.15) is 17.5 Å². The summed E-state index contributed by atoms with van der Waals surface area (Å²) in [5.41, 5.74) is 1.70. The minimum atomic E-state index is -0.864. The number of imide groups is 1. The van der Waals surface area contributed by atoms with E-state index in [2.05, 4.69) is 10.6 Å². The van der Waals surface area contributed by atoms with Gasteiger partial charge in [0, 0.05) is 6.54 Å². The van der Waals surface area contributed by atoms with E-state index in [4.69, 9.17) is 9.47 Å². The van der Waals surface area contributed by atoms with Crippen molar-refractivity contribution >= 4 is 17.8 Å². The molecule has 152 valence electrons. The predicted octanol–water partition coefficient (Wildman–Crippen LogP) is 1.83. The lowest BCUT2D eigenvalue weighted by atomic mass is 10.1. The quantitative estimate of drug-likeness (QED) is 0.663. The Labute approximate surface area is 168 Å². The van der Waals surface area contributed by atoms with Crippen LogP contribution in [-0.2, 0) is 22.7 Å². The van der Waals surface area contributed by atoms with Crippen LogP contribution in [0.3, 0.4) is 0 Å². The Bertz CT molecular complexity index is 880. The number of nitrogens with one attached hydrogen (secondary N) is 2. The third kappa shape index (κ3) is 5.04. The van der Waals surface area contributed by atoms with Gasteiger partial charge < -0.3 is 20.1 Å². The number of ether oxygens (including phenoxy) is 2. The maximum Gasteiger partial charge on any atom is 0.325 e. The topological polar surface area (TPSA) is 97.0 Å². The van der Waals surface area contributed by atoms with Gasteiger partial charge in [0.05, 0.1) is 27.2 Å². The van der Waals surface area contributed by atoms with Crippen LogP contribution in [0.15, 0.2) is 48.5 Å². The molecule has 1 aliphatic heterocycles. The van der Waals surface area contributed by atoms with E-state index >= 15 is 0 Å². The molecular formula is C21H23N3O5. The van der Waals surface area contributed by atoms with Crippen molar-refractivity contribution in [2.24, 2.45) is 0 Å². The Morgan fingerprint density at radius 2 is 1.52 bits per heavy atom. The third-order valence-corrected chi connectivity index (χ3v) is 4.64. The van der Waals surface area contributed by atoms with Gasteiger partial charge in [-0.2, -0.15) is 0 Å². The van der Waals surface area contributed by atoms with Gasteiger partial charge in [-0.25, -0.2) is 4.79 Å². The van der Waals surface area contributed by atoms with Crippen molar-refractivity contribution in [1.82, 2.24) is 15.5 Å². The minimum Gasteiger partial charge on any atom is -0.497 e. The predicted molar refractivity (Wildman–Crippen MR) is 105 cm³/mol. The van der Waals surface area contributed by atoms with Crippen molar-refractivity contribution in [1.29, 1.82) is 0 Å². The van der Waals surface area contributed by atoms with Crippen LogP contribution < -0.4 is 20.1 Å². The lowest BCUT2D eigenvalue weighted by molar-refractivity contribution is -0.131. The van der Waals surface area contributed by atoms with Gasteiger partial charge in [-0.05, 0) is 35.4 Å². The van der Waals surface area contributed by atoms with Gasteiger partial charge in [0.15, 0.2) is 0 Å². The zero-order valence-electron chi connectivity index (χ0n) is 16.3. The number of hydrogen-bond donors (Lipinski definition) is 2. The standard InChI is InChI=1S/C21H23N3O5/c1-28-16-7-3-14(4-8-16)12-22-19(25)11-18-20(26)24(21(27)23-18)13-15-5-9-17(29-2)10-6-15/h3-10,18H,11-13H2,1-2H3,(H,22,25)(H,23,27). The number of nitrogens with zero attached hydrogens (tertiary/aromatic N) is 1. The third-order valence-electron chi connectivity index (χ3n) is 4.64. The zero-order valence-corrected chi connectivity index (χ0v) is 16.3. The van der Waals surface area contributed by atoms with Gasteiger partial charge in [0.2, 0.25) is 5.91 Å². The maximum atomic E-state index is 12.5. The van der Waals surface area contributed by atoms with Crippen LogP contribution in [0, 0.1) is 0 Å². The summed E-state index contributed by atoms with van der Waals surface area (Å²) in [6.45, 7) is 0.464. The molecule has 2 N–H and O–H groups in total. The SMILES string of the molecule is COc1ccc(CNC(=O)CC2NC(=O)N(Cc3ccc(OC)cc3)C2=O)cc1. The second kappa shape index (κ2) is 9.09. The van der Waals surface area contributed by atoms with Crippen molar-refractivity contribution in [2.45, 2.75) is 25.6 Å². The zero-order chi connectivity index (χ0) is 20.8. The van der Waals surface area contributed by atoms with E-state index in [0.29, 0.717) is 12.3 Å². The van der Waals surface area contributed by atoms with Crippen molar-refractivity contribution in [3.05, 3.63) is 59.7 Å². The van der Waals surface area contributed by atoms with Crippen molar-refractivity contribution in [3.63, 3.8) is 0 Å². The average molecular weight is 397 g/mol. The van der Waals surface area contributed by atoms with Crippen LogP contribution in [0.4, 0.5) is 4.79 Å². The summed E-state index contributed by atoms with van der Waals surface area (Å²) in [7, 11) is 3.15. The molecule has 1 fully saturated rings. The van der Waals surface area contributed by atoms with E-state index in [9.17, 15) is 14.4 Å². The fourth-order valence-corrected chi connectivity index (χ4v) is 2.98. The molecule has 1 atom stereocenters. The molecule has 0 bridgehead atoms. The first kappa shape index (κ1) is 20.2. The first-order chi connectivity index (χ1) is 14.0. The fourth-order valence-electron chi connectivity index (χ4n) is 2.98. The first-order valence-electron chi connectivity index (χ1n) is 9.14. The number of rotatable bonds is 8. The monoisotopic (exact) mass is 397 g/mol. The molecule has 0 aliphatic carbocycles. The van der Waals surface area contributed by atoms with Crippen LogP contribution in [0.25, 0.3) is 0 Å². The molecule has 0 saturated carbocycles.